The number of nitrogens with zero attached hydrogens (tertiary/aromatic N) is 1. The number of non-ortho nitro benzene ring substituents is 1. The molecule has 0 aliphatic heterocycles. The number of rotatable bonds is 7. The standard InChI is InChI=1S/C13H16N2O5/c1-9(5-6-12(16)17)8-14-13(18)10-3-2-4-11(7-10)15(19)20/h2-4,7,9H,5-6,8H2,1H3,(H,14,18)(H,16,17). The van der Waals surface area contributed by atoms with Crippen molar-refractivity contribution >= 4 is 17.6 Å². The molecule has 0 bridgehead atoms. The van der Waals surface area contributed by atoms with Crippen LogP contribution in [-0.2, 0) is 4.79 Å². The summed E-state index contributed by atoms with van der Waals surface area (Å²) in [5, 5.41) is 21.8. The predicted octanol–water partition coefficient (Wildman–Crippen LogP) is 1.83. The maximum atomic E-state index is 11.8. The molecule has 1 atom stereocenters. The number of carboxylic acids is 1. The van der Waals surface area contributed by atoms with Gasteiger partial charge in [-0.15, -0.1) is 0 Å². The number of nitro benzene ring substituents is 1. The van der Waals surface area contributed by atoms with Gasteiger partial charge in [0, 0.05) is 30.7 Å². The number of carbonyl (C=O) groups excluding carboxylic acids is 1. The van der Waals surface area contributed by atoms with Crippen LogP contribution < -0.4 is 5.32 Å². The molecule has 7 heteroatoms. The van der Waals surface area contributed by atoms with E-state index in [4.69, 9.17) is 5.11 Å². The SMILES string of the molecule is CC(CCC(=O)O)CNC(=O)c1cccc([N+](=O)[O-])c1. The highest BCUT2D eigenvalue weighted by atomic mass is 16.6. The lowest BCUT2D eigenvalue weighted by atomic mass is 10.1. The number of benzene rings is 1. The molecule has 1 amide bonds. The van der Waals surface area contributed by atoms with Crippen molar-refractivity contribution in [3.8, 4) is 0 Å². The molecule has 0 heterocycles. The van der Waals surface area contributed by atoms with E-state index in [2.05, 4.69) is 5.32 Å². The summed E-state index contributed by atoms with van der Waals surface area (Å²) >= 11 is 0. The lowest BCUT2D eigenvalue weighted by molar-refractivity contribution is -0.384. The lowest BCUT2D eigenvalue weighted by Gasteiger charge is -2.11. The van der Waals surface area contributed by atoms with Crippen molar-refractivity contribution in [3.05, 3.63) is 39.9 Å². The van der Waals surface area contributed by atoms with Crippen LogP contribution in [0.4, 0.5) is 5.69 Å². The molecule has 1 unspecified atom stereocenters. The van der Waals surface area contributed by atoms with E-state index in [1.807, 2.05) is 6.92 Å². The minimum absolute atomic E-state index is 0.0220. The van der Waals surface area contributed by atoms with Crippen molar-refractivity contribution in [2.24, 2.45) is 5.92 Å². The first kappa shape index (κ1) is 15.6. The van der Waals surface area contributed by atoms with Crippen molar-refractivity contribution in [1.82, 2.24) is 5.32 Å². The topological polar surface area (TPSA) is 110 Å². The Morgan fingerprint density at radius 3 is 2.75 bits per heavy atom. The summed E-state index contributed by atoms with van der Waals surface area (Å²) < 4.78 is 0. The summed E-state index contributed by atoms with van der Waals surface area (Å²) in [5.41, 5.74) is 0.0706. The van der Waals surface area contributed by atoms with E-state index in [0.717, 1.165) is 0 Å². The van der Waals surface area contributed by atoms with Gasteiger partial charge in [-0.1, -0.05) is 13.0 Å². The second-order valence-corrected chi connectivity index (χ2v) is 4.56. The minimum atomic E-state index is -0.873. The number of nitro groups is 1. The molecule has 1 aromatic carbocycles. The van der Waals surface area contributed by atoms with E-state index in [-0.39, 0.29) is 23.6 Å². The molecule has 0 aromatic heterocycles. The van der Waals surface area contributed by atoms with Crippen LogP contribution in [0.2, 0.25) is 0 Å². The smallest absolute Gasteiger partial charge is 0.303 e. The number of carboxylic acid groups (broad SMARTS) is 1. The van der Waals surface area contributed by atoms with Gasteiger partial charge >= 0.3 is 5.97 Å². The first-order valence-corrected chi connectivity index (χ1v) is 6.14. The Balaban J connectivity index is 2.52. The van der Waals surface area contributed by atoms with Gasteiger partial charge in [0.25, 0.3) is 11.6 Å². The third-order valence-corrected chi connectivity index (χ3v) is 2.78. The maximum Gasteiger partial charge on any atom is 0.303 e. The van der Waals surface area contributed by atoms with Crippen LogP contribution in [-0.4, -0.2) is 28.5 Å². The summed E-state index contributed by atoms with van der Waals surface area (Å²) in [6.07, 6.45) is 0.512. The Bertz CT molecular complexity index is 515. The molecule has 1 rings (SSSR count). The molecule has 0 saturated carbocycles. The molecule has 7 nitrogen and oxygen atoms in total. The molecule has 0 spiro atoms. The second kappa shape index (κ2) is 7.22. The second-order valence-electron chi connectivity index (χ2n) is 4.56. The van der Waals surface area contributed by atoms with Crippen molar-refractivity contribution in [2.45, 2.75) is 19.8 Å². The minimum Gasteiger partial charge on any atom is -0.481 e. The van der Waals surface area contributed by atoms with Crippen molar-refractivity contribution in [3.63, 3.8) is 0 Å². The van der Waals surface area contributed by atoms with Crippen LogP contribution in [0.15, 0.2) is 24.3 Å². The summed E-state index contributed by atoms with van der Waals surface area (Å²) in [7, 11) is 0. The van der Waals surface area contributed by atoms with Crippen LogP contribution in [0.5, 0.6) is 0 Å². The van der Waals surface area contributed by atoms with Gasteiger partial charge in [0.2, 0.25) is 0 Å². The Kier molecular flexibility index (Phi) is 5.64. The number of hydrogen-bond acceptors (Lipinski definition) is 4. The predicted molar refractivity (Wildman–Crippen MR) is 71.5 cm³/mol. The van der Waals surface area contributed by atoms with Crippen molar-refractivity contribution in [1.29, 1.82) is 0 Å². The molecule has 20 heavy (non-hydrogen) atoms. The summed E-state index contributed by atoms with van der Waals surface area (Å²) in [4.78, 5) is 32.3. The molecular formula is C13H16N2O5. The zero-order chi connectivity index (χ0) is 15.1. The summed E-state index contributed by atoms with van der Waals surface area (Å²) in [6, 6.07) is 5.45. The number of nitrogens with one attached hydrogen (secondary N) is 1. The van der Waals surface area contributed by atoms with E-state index >= 15 is 0 Å². The largest absolute Gasteiger partial charge is 0.481 e. The van der Waals surface area contributed by atoms with Gasteiger partial charge in [0.05, 0.1) is 4.92 Å². The molecule has 0 aliphatic carbocycles. The fourth-order valence-electron chi connectivity index (χ4n) is 1.60. The Hall–Kier alpha value is -2.44. The third kappa shape index (κ3) is 5.05. The Labute approximate surface area is 115 Å². The average molecular weight is 280 g/mol. The average Bonchev–Trinajstić information content (AvgIpc) is 2.42. The zero-order valence-electron chi connectivity index (χ0n) is 11.0. The van der Waals surface area contributed by atoms with Crippen LogP contribution in [0.1, 0.15) is 30.1 Å². The van der Waals surface area contributed by atoms with Gasteiger partial charge in [-0.3, -0.25) is 19.7 Å². The molecule has 108 valence electrons. The Morgan fingerprint density at radius 2 is 2.15 bits per heavy atom. The van der Waals surface area contributed by atoms with Gasteiger partial charge in [0.15, 0.2) is 0 Å². The normalized spacial score (nSPS) is 11.7. The lowest BCUT2D eigenvalue weighted by Crippen LogP contribution is -2.28. The zero-order valence-corrected chi connectivity index (χ0v) is 11.0. The molecule has 0 radical (unpaired) electrons. The van der Waals surface area contributed by atoms with Gasteiger partial charge in [0.1, 0.15) is 0 Å². The summed E-state index contributed by atoms with van der Waals surface area (Å²) in [6.45, 7) is 2.16. The van der Waals surface area contributed by atoms with Crippen LogP contribution in [0.25, 0.3) is 0 Å². The van der Waals surface area contributed by atoms with Gasteiger partial charge in [-0.2, -0.15) is 0 Å². The highest BCUT2D eigenvalue weighted by molar-refractivity contribution is 5.94. The van der Waals surface area contributed by atoms with E-state index in [0.29, 0.717) is 13.0 Å². The van der Waals surface area contributed by atoms with Gasteiger partial charge < -0.3 is 10.4 Å². The number of aliphatic carboxylic acids is 1. The molecule has 1 aromatic rings. The van der Waals surface area contributed by atoms with E-state index in [1.165, 1.54) is 24.3 Å². The van der Waals surface area contributed by atoms with Crippen LogP contribution in [0.3, 0.4) is 0 Å². The van der Waals surface area contributed by atoms with Crippen molar-refractivity contribution in [2.75, 3.05) is 6.54 Å². The fraction of sp³-hybridized carbons (Fsp3) is 0.385. The molecule has 0 fully saturated rings. The quantitative estimate of drug-likeness (QED) is 0.584. The first-order valence-electron chi connectivity index (χ1n) is 6.14. The first-order chi connectivity index (χ1) is 9.40. The van der Waals surface area contributed by atoms with Gasteiger partial charge in [-0.05, 0) is 18.4 Å². The highest BCUT2D eigenvalue weighted by Crippen LogP contribution is 2.13. The Morgan fingerprint density at radius 1 is 1.45 bits per heavy atom. The highest BCUT2D eigenvalue weighted by Gasteiger charge is 2.12. The van der Waals surface area contributed by atoms with Crippen molar-refractivity contribution < 1.29 is 19.6 Å². The number of amides is 1. The van der Waals surface area contributed by atoms with E-state index in [9.17, 15) is 19.7 Å². The van der Waals surface area contributed by atoms with E-state index < -0.39 is 16.8 Å². The molecule has 0 aliphatic rings. The third-order valence-electron chi connectivity index (χ3n) is 2.78. The fourth-order valence-corrected chi connectivity index (χ4v) is 1.60. The van der Waals surface area contributed by atoms with E-state index in [1.54, 1.807) is 0 Å². The van der Waals surface area contributed by atoms with Crippen LogP contribution in [0, 0.1) is 16.0 Å². The number of hydrogen-bond donors (Lipinski definition) is 2. The number of carbonyl (C=O) groups is 2. The summed E-state index contributed by atoms with van der Waals surface area (Å²) in [5.74, 6) is -1.26. The van der Waals surface area contributed by atoms with Crippen LogP contribution >= 0.6 is 0 Å². The molecule has 2 N–H and O–H groups in total. The maximum absolute atomic E-state index is 11.8. The monoisotopic (exact) mass is 280 g/mol. The molecule has 0 saturated heterocycles. The molecular weight excluding hydrogens is 264 g/mol. The van der Waals surface area contributed by atoms with Gasteiger partial charge in [-0.25, -0.2) is 0 Å².